The third-order valence-electron chi connectivity index (χ3n) is 13.5. The Labute approximate surface area is 486 Å². The van der Waals surface area contributed by atoms with Crippen LogP contribution in [-0.4, -0.2) is 140 Å². The largest absolute Gasteiger partial charge is 0.394 e. The van der Waals surface area contributed by atoms with Crippen molar-refractivity contribution in [3.05, 3.63) is 158 Å². The van der Waals surface area contributed by atoms with Crippen LogP contribution < -0.4 is 5.32 Å². The van der Waals surface area contributed by atoms with Crippen molar-refractivity contribution < 1.29 is 64.6 Å². The monoisotopic (exact) mass is 1130 g/mol. The minimum absolute atomic E-state index is 0.239. The second-order valence-electron chi connectivity index (χ2n) is 20.4. The lowest BCUT2D eigenvalue weighted by Crippen LogP contribution is -2.65. The molecular weight excluding hydrogens is 1030 g/mol. The van der Waals surface area contributed by atoms with Gasteiger partial charge in [-0.2, -0.15) is 0 Å². The summed E-state index contributed by atoms with van der Waals surface area (Å²) in [5, 5.41) is 86.5. The van der Waals surface area contributed by atoms with Gasteiger partial charge in [-0.15, -0.1) is 0 Å². The van der Waals surface area contributed by atoms with Crippen molar-refractivity contribution in [3.63, 3.8) is 0 Å². The quantitative estimate of drug-likeness (QED) is 0.0205. The van der Waals surface area contributed by atoms with Gasteiger partial charge in [0.2, 0.25) is 5.91 Å². The van der Waals surface area contributed by atoms with Gasteiger partial charge in [-0.3, -0.25) is 4.79 Å². The van der Waals surface area contributed by atoms with Crippen LogP contribution >= 0.6 is 0 Å². The molecule has 0 radical (unpaired) electrons. The molecular formula is C67H105NO13. The first-order valence-corrected chi connectivity index (χ1v) is 30.2. The Morgan fingerprint density at radius 1 is 0.457 bits per heavy atom. The number of hydrogen-bond donors (Lipinski definition) is 9. The Kier molecular flexibility index (Phi) is 45.0. The molecule has 2 saturated heterocycles. The first-order valence-electron chi connectivity index (χ1n) is 30.2. The first-order chi connectivity index (χ1) is 39.6. The lowest BCUT2D eigenvalue weighted by atomic mass is 9.97. The number of rotatable bonds is 45. The molecule has 1 amide bonds. The van der Waals surface area contributed by atoms with Crippen LogP contribution in [0.25, 0.3) is 0 Å². The van der Waals surface area contributed by atoms with Gasteiger partial charge in [0.1, 0.15) is 48.8 Å². The summed E-state index contributed by atoms with van der Waals surface area (Å²) in [6.45, 7) is 2.53. The fourth-order valence-corrected chi connectivity index (χ4v) is 8.62. The molecule has 0 aliphatic carbocycles. The molecule has 2 aliphatic heterocycles. The summed E-state index contributed by atoms with van der Waals surface area (Å²) in [6, 6.07) is -0.936. The van der Waals surface area contributed by atoms with E-state index in [2.05, 4.69) is 165 Å². The van der Waals surface area contributed by atoms with Gasteiger partial charge in [-0.25, -0.2) is 0 Å². The van der Waals surface area contributed by atoms with Gasteiger partial charge < -0.3 is 65.1 Å². The van der Waals surface area contributed by atoms with E-state index in [1.165, 1.54) is 0 Å². The van der Waals surface area contributed by atoms with Crippen molar-refractivity contribution in [2.45, 2.75) is 235 Å². The van der Waals surface area contributed by atoms with Gasteiger partial charge in [0.15, 0.2) is 12.6 Å². The molecule has 12 atom stereocenters. The number of carbonyl (C=O) groups excluding carboxylic acids is 1. The Morgan fingerprint density at radius 2 is 0.852 bits per heavy atom. The van der Waals surface area contributed by atoms with Crippen LogP contribution in [0.15, 0.2) is 158 Å². The predicted octanol–water partition coefficient (Wildman–Crippen LogP) is 10.7. The fraction of sp³-hybridized carbons (Fsp3) is 0.597. The van der Waals surface area contributed by atoms with Crippen molar-refractivity contribution in [1.29, 1.82) is 0 Å². The van der Waals surface area contributed by atoms with E-state index in [0.29, 0.717) is 6.42 Å². The lowest BCUT2D eigenvalue weighted by Gasteiger charge is -2.46. The Balaban J connectivity index is 1.59. The highest BCUT2D eigenvalue weighted by atomic mass is 16.7. The second-order valence-corrected chi connectivity index (χ2v) is 20.4. The molecule has 2 heterocycles. The smallest absolute Gasteiger partial charge is 0.220 e. The van der Waals surface area contributed by atoms with E-state index in [-0.39, 0.29) is 18.9 Å². The van der Waals surface area contributed by atoms with Crippen molar-refractivity contribution in [1.82, 2.24) is 5.32 Å². The van der Waals surface area contributed by atoms with Crippen LogP contribution in [0, 0.1) is 0 Å². The Hall–Kier alpha value is -4.39. The number of amides is 1. The van der Waals surface area contributed by atoms with Gasteiger partial charge in [0.25, 0.3) is 0 Å². The summed E-state index contributed by atoms with van der Waals surface area (Å²) in [5.41, 5.74) is 0. The molecule has 0 saturated carbocycles. The zero-order valence-corrected chi connectivity index (χ0v) is 48.9. The summed E-state index contributed by atoms with van der Waals surface area (Å²) < 4.78 is 22.6. The molecule has 0 aromatic heterocycles. The van der Waals surface area contributed by atoms with E-state index in [0.717, 1.165) is 135 Å². The molecule has 2 aliphatic rings. The molecule has 14 heteroatoms. The maximum atomic E-state index is 13.1. The molecule has 456 valence electrons. The molecule has 0 aromatic rings. The molecule has 81 heavy (non-hydrogen) atoms. The number of carbonyl (C=O) groups is 1. The number of unbranched alkanes of at least 4 members (excludes halogenated alkanes) is 8. The number of allylic oxidation sites excluding steroid dienone is 25. The molecule has 0 aromatic carbocycles. The van der Waals surface area contributed by atoms with Gasteiger partial charge in [-0.1, -0.05) is 204 Å². The summed E-state index contributed by atoms with van der Waals surface area (Å²) in [6.07, 6.45) is 60.7. The molecule has 2 rings (SSSR count). The molecule has 0 bridgehead atoms. The molecule has 14 nitrogen and oxygen atoms in total. The fourth-order valence-electron chi connectivity index (χ4n) is 8.62. The second kappa shape index (κ2) is 50.2. The minimum atomic E-state index is -1.80. The van der Waals surface area contributed by atoms with E-state index in [9.17, 15) is 45.6 Å². The highest BCUT2D eigenvalue weighted by Crippen LogP contribution is 2.30. The summed E-state index contributed by atoms with van der Waals surface area (Å²) in [5.74, 6) is -0.278. The normalized spacial score (nSPS) is 25.3. The molecule has 12 unspecified atom stereocenters. The van der Waals surface area contributed by atoms with E-state index in [4.69, 9.17) is 18.9 Å². The van der Waals surface area contributed by atoms with E-state index >= 15 is 0 Å². The van der Waals surface area contributed by atoms with Gasteiger partial charge >= 0.3 is 0 Å². The molecule has 0 spiro atoms. The predicted molar refractivity (Wildman–Crippen MR) is 327 cm³/mol. The van der Waals surface area contributed by atoms with E-state index < -0.39 is 86.8 Å². The van der Waals surface area contributed by atoms with Crippen LogP contribution in [0.3, 0.4) is 0 Å². The zero-order chi connectivity index (χ0) is 58.8. The topological polar surface area (TPSA) is 228 Å². The number of ether oxygens (including phenoxy) is 4. The van der Waals surface area contributed by atoms with E-state index in [1.54, 1.807) is 6.08 Å². The van der Waals surface area contributed by atoms with Crippen LogP contribution in [0.2, 0.25) is 0 Å². The van der Waals surface area contributed by atoms with Crippen molar-refractivity contribution >= 4 is 5.91 Å². The standard InChI is InChI=1S/C67H105NO13/c1-3-5-7-9-11-12-13-14-15-16-17-18-19-20-21-22-23-24-25-26-27-28-29-30-31-32-33-34-35-36-37-38-39-40-41-42-43-44-45-47-49-51-59(72)68-55(56(71)50-48-46-10-8-6-4-2)54-78-66-64(77)62(75)65(58(53-70)80-66)81-67-63(76)61(74)60(73)57(52-69)79-67/h5,7,11-12,14-15,17-18,20-21,23-24,26-27,29-30,32-33,35-36,38-39,41-42,48,50,55-58,60-67,69-71,73-77H,3-4,6,8-10,13,16,19,22,25,28,31,34,37,40,43-47,49,51-54H2,1-2H3,(H,68,72)/b7-5-,12-11-,15-14-,18-17-,21-20-,24-23-,27-26-,30-29-,33-32-,36-35-,39-38-,42-41-,50-48+. The maximum Gasteiger partial charge on any atom is 0.220 e. The number of aliphatic hydroxyl groups is 8. The van der Waals surface area contributed by atoms with Crippen LogP contribution in [0.4, 0.5) is 0 Å². The van der Waals surface area contributed by atoms with Crippen LogP contribution in [0.5, 0.6) is 0 Å². The Morgan fingerprint density at radius 3 is 1.30 bits per heavy atom. The third-order valence-corrected chi connectivity index (χ3v) is 13.5. The van der Waals surface area contributed by atoms with Crippen LogP contribution in [-0.2, 0) is 23.7 Å². The lowest BCUT2D eigenvalue weighted by molar-refractivity contribution is -0.359. The Bertz CT molecular complexity index is 1960. The van der Waals surface area contributed by atoms with Crippen molar-refractivity contribution in [3.8, 4) is 0 Å². The summed E-state index contributed by atoms with van der Waals surface area (Å²) in [4.78, 5) is 13.1. The van der Waals surface area contributed by atoms with Crippen molar-refractivity contribution in [2.75, 3.05) is 19.8 Å². The average molecular weight is 1130 g/mol. The number of aliphatic hydroxyl groups excluding tert-OH is 8. The van der Waals surface area contributed by atoms with Gasteiger partial charge in [0, 0.05) is 6.42 Å². The average Bonchev–Trinajstić information content (AvgIpc) is 3.55. The molecule has 9 N–H and O–H groups in total. The highest BCUT2D eigenvalue weighted by molar-refractivity contribution is 5.76. The third kappa shape index (κ3) is 35.4. The van der Waals surface area contributed by atoms with E-state index in [1.807, 2.05) is 6.08 Å². The zero-order valence-electron chi connectivity index (χ0n) is 48.9. The SMILES string of the molecule is CC/C=C\C/C=C\C/C=C\C/C=C\C/C=C\C/C=C\C/C=C\C/C=C\C/C=C\C/C=C\C/C=C\C/C=C\CCCCCCC(=O)NC(COC1OC(CO)C(OC2OC(CO)C(O)C(O)C2O)C(O)C1O)C(O)/C=C/CCCCCC. The summed E-state index contributed by atoms with van der Waals surface area (Å²) >= 11 is 0. The first kappa shape index (κ1) is 72.7. The molecule has 2 fully saturated rings. The van der Waals surface area contributed by atoms with Crippen molar-refractivity contribution in [2.24, 2.45) is 0 Å². The number of nitrogens with one attached hydrogen (secondary N) is 1. The van der Waals surface area contributed by atoms with Gasteiger partial charge in [-0.05, 0) is 109 Å². The summed E-state index contributed by atoms with van der Waals surface area (Å²) in [7, 11) is 0. The van der Waals surface area contributed by atoms with Gasteiger partial charge in [0.05, 0.1) is 32.0 Å². The minimum Gasteiger partial charge on any atom is -0.394 e. The highest BCUT2D eigenvalue weighted by Gasteiger charge is 2.51. The number of hydrogen-bond acceptors (Lipinski definition) is 13. The van der Waals surface area contributed by atoms with Crippen LogP contribution in [0.1, 0.15) is 162 Å². The maximum absolute atomic E-state index is 13.1.